The molecule has 1 spiro atoms. The molecule has 0 aromatic carbocycles. The highest BCUT2D eigenvalue weighted by Gasteiger charge is 2.53. The molecule has 3 rings (SSSR count). The van der Waals surface area contributed by atoms with E-state index in [9.17, 15) is 19.2 Å². The summed E-state index contributed by atoms with van der Waals surface area (Å²) in [6.07, 6.45) is 6.41. The Balaban J connectivity index is 1.57. The van der Waals surface area contributed by atoms with E-state index in [-0.39, 0.29) is 41.6 Å². The first kappa shape index (κ1) is 25.5. The van der Waals surface area contributed by atoms with E-state index in [4.69, 9.17) is 0 Å². The zero-order chi connectivity index (χ0) is 24.4. The third-order valence-electron chi connectivity index (χ3n) is 7.86. The average molecular weight is 463 g/mol. The summed E-state index contributed by atoms with van der Waals surface area (Å²) in [6.45, 7) is 11.4. The van der Waals surface area contributed by atoms with Crippen molar-refractivity contribution in [1.82, 2.24) is 20.4 Å². The van der Waals surface area contributed by atoms with Crippen LogP contribution in [0.1, 0.15) is 86.0 Å². The number of urea groups is 1. The molecular formula is C25H42N4O4. The van der Waals surface area contributed by atoms with E-state index in [0.717, 1.165) is 43.4 Å². The summed E-state index contributed by atoms with van der Waals surface area (Å²) in [7, 11) is 0. The van der Waals surface area contributed by atoms with Gasteiger partial charge in [-0.05, 0) is 63.2 Å². The number of hydrogen-bond acceptors (Lipinski definition) is 4. The highest BCUT2D eigenvalue weighted by Crippen LogP contribution is 2.43. The number of rotatable bonds is 6. The van der Waals surface area contributed by atoms with Crippen LogP contribution in [0.15, 0.2) is 0 Å². The largest absolute Gasteiger partial charge is 0.353 e. The summed E-state index contributed by atoms with van der Waals surface area (Å²) in [6, 6.07) is -0.355. The zero-order valence-electron chi connectivity index (χ0n) is 21.0. The molecule has 1 aliphatic carbocycles. The van der Waals surface area contributed by atoms with E-state index in [1.54, 1.807) is 4.90 Å². The Labute approximate surface area is 198 Å². The molecule has 8 heteroatoms. The number of hydrogen-bond donors (Lipinski definition) is 2. The fraction of sp³-hybridized carbons (Fsp3) is 0.840. The Kier molecular flexibility index (Phi) is 7.74. The molecule has 8 nitrogen and oxygen atoms in total. The van der Waals surface area contributed by atoms with Gasteiger partial charge in [-0.2, -0.15) is 0 Å². The number of carbonyl (C=O) groups is 4. The van der Waals surface area contributed by atoms with Crippen molar-refractivity contribution in [1.29, 1.82) is 0 Å². The number of carbonyl (C=O) groups excluding carboxylic acids is 4. The van der Waals surface area contributed by atoms with Gasteiger partial charge in [-0.25, -0.2) is 4.79 Å². The van der Waals surface area contributed by atoms with E-state index < -0.39 is 11.6 Å². The van der Waals surface area contributed by atoms with Gasteiger partial charge in [0.15, 0.2) is 0 Å². The first-order valence-corrected chi connectivity index (χ1v) is 12.7. The molecule has 2 heterocycles. The van der Waals surface area contributed by atoms with Gasteiger partial charge in [-0.1, -0.05) is 34.1 Å². The smallest absolute Gasteiger partial charge is 0.325 e. The van der Waals surface area contributed by atoms with Crippen LogP contribution in [0.25, 0.3) is 0 Å². The molecule has 0 aromatic heterocycles. The third-order valence-corrected chi connectivity index (χ3v) is 7.86. The summed E-state index contributed by atoms with van der Waals surface area (Å²) < 4.78 is 0. The molecule has 0 radical (unpaired) electrons. The Hall–Kier alpha value is -2.12. The van der Waals surface area contributed by atoms with Gasteiger partial charge >= 0.3 is 6.03 Å². The monoisotopic (exact) mass is 462 g/mol. The number of amides is 5. The van der Waals surface area contributed by atoms with Crippen molar-refractivity contribution in [3.8, 4) is 0 Å². The molecule has 186 valence electrons. The van der Waals surface area contributed by atoms with Crippen LogP contribution in [-0.2, 0) is 14.4 Å². The average Bonchev–Trinajstić information content (AvgIpc) is 2.97. The second-order valence-corrected chi connectivity index (χ2v) is 11.4. The van der Waals surface area contributed by atoms with E-state index in [1.165, 1.54) is 0 Å². The van der Waals surface area contributed by atoms with Crippen molar-refractivity contribution in [2.45, 2.75) is 97.6 Å². The second kappa shape index (κ2) is 10.0. The van der Waals surface area contributed by atoms with Crippen molar-refractivity contribution in [3.05, 3.63) is 0 Å². The Bertz CT molecular complexity index is 767. The molecule has 1 saturated carbocycles. The van der Waals surface area contributed by atoms with Crippen LogP contribution in [0.2, 0.25) is 0 Å². The first-order chi connectivity index (χ1) is 15.5. The Morgan fingerprint density at radius 1 is 1.18 bits per heavy atom. The quantitative estimate of drug-likeness (QED) is 0.593. The van der Waals surface area contributed by atoms with Gasteiger partial charge in [-0.3, -0.25) is 19.3 Å². The third kappa shape index (κ3) is 5.69. The first-order valence-electron chi connectivity index (χ1n) is 12.7. The zero-order valence-corrected chi connectivity index (χ0v) is 21.0. The van der Waals surface area contributed by atoms with E-state index in [2.05, 4.69) is 38.3 Å². The molecule has 3 aliphatic rings. The summed E-state index contributed by atoms with van der Waals surface area (Å²) >= 11 is 0. The number of likely N-dealkylation sites (tertiary alicyclic amines) is 1. The lowest BCUT2D eigenvalue weighted by atomic mass is 9.67. The van der Waals surface area contributed by atoms with E-state index in [1.807, 2.05) is 6.92 Å². The fourth-order valence-electron chi connectivity index (χ4n) is 5.65. The lowest BCUT2D eigenvalue weighted by Crippen LogP contribution is -2.52. The summed E-state index contributed by atoms with van der Waals surface area (Å²) in [5, 5.41) is 5.96. The maximum Gasteiger partial charge on any atom is 0.325 e. The number of nitrogens with one attached hydrogen (secondary N) is 2. The molecule has 0 aromatic rings. The molecule has 2 saturated heterocycles. The van der Waals surface area contributed by atoms with Crippen molar-refractivity contribution in [3.63, 3.8) is 0 Å². The van der Waals surface area contributed by atoms with Crippen LogP contribution in [0, 0.1) is 17.3 Å². The topological polar surface area (TPSA) is 98.8 Å². The SMILES string of the molecule is CCC[C@H](C)NC(=O)[C@@H]1CCCN(C(=O)CN2C(=O)NC3(CCC(C(C)(C)C)CC3)C2=O)C1. The minimum Gasteiger partial charge on any atom is -0.353 e. The molecule has 0 bridgehead atoms. The van der Waals surface area contributed by atoms with Crippen LogP contribution < -0.4 is 10.6 Å². The molecular weight excluding hydrogens is 420 g/mol. The Morgan fingerprint density at radius 2 is 1.85 bits per heavy atom. The minimum absolute atomic E-state index is 0.0157. The lowest BCUT2D eigenvalue weighted by Gasteiger charge is -2.40. The van der Waals surface area contributed by atoms with Gasteiger partial charge in [0.25, 0.3) is 5.91 Å². The fourth-order valence-corrected chi connectivity index (χ4v) is 5.65. The molecule has 2 N–H and O–H groups in total. The van der Waals surface area contributed by atoms with Crippen LogP contribution in [-0.4, -0.2) is 64.8 Å². The maximum absolute atomic E-state index is 13.2. The summed E-state index contributed by atoms with van der Waals surface area (Å²) in [5.74, 6) is -0.284. The predicted molar refractivity (Wildman–Crippen MR) is 126 cm³/mol. The van der Waals surface area contributed by atoms with Gasteiger partial charge in [0, 0.05) is 19.1 Å². The van der Waals surface area contributed by atoms with E-state index >= 15 is 0 Å². The van der Waals surface area contributed by atoms with Crippen LogP contribution in [0.4, 0.5) is 4.79 Å². The van der Waals surface area contributed by atoms with E-state index in [0.29, 0.717) is 31.8 Å². The van der Waals surface area contributed by atoms with Crippen LogP contribution in [0.3, 0.4) is 0 Å². The highest BCUT2D eigenvalue weighted by atomic mass is 16.2. The molecule has 2 aliphatic heterocycles. The van der Waals surface area contributed by atoms with Gasteiger partial charge in [0.05, 0.1) is 5.92 Å². The van der Waals surface area contributed by atoms with Crippen molar-refractivity contribution in [2.75, 3.05) is 19.6 Å². The molecule has 2 atom stereocenters. The van der Waals surface area contributed by atoms with Gasteiger partial charge < -0.3 is 15.5 Å². The van der Waals surface area contributed by atoms with Crippen molar-refractivity contribution >= 4 is 23.8 Å². The maximum atomic E-state index is 13.2. The van der Waals surface area contributed by atoms with Crippen molar-refractivity contribution in [2.24, 2.45) is 17.3 Å². The number of nitrogens with zero attached hydrogens (tertiary/aromatic N) is 2. The molecule has 3 fully saturated rings. The minimum atomic E-state index is -0.862. The normalized spacial score (nSPS) is 29.2. The number of piperidine rings is 1. The standard InChI is InChI=1S/C25H42N4O4/c1-6-8-17(2)26-21(31)18-9-7-14-28(15-18)20(30)16-29-22(32)25(27-23(29)33)12-10-19(11-13-25)24(3,4)5/h17-19H,6-16H2,1-5H3,(H,26,31)(H,27,33)/t17-,18+,19?,25?/m0/s1. The molecule has 33 heavy (non-hydrogen) atoms. The van der Waals surface area contributed by atoms with Gasteiger partial charge in [-0.15, -0.1) is 0 Å². The lowest BCUT2D eigenvalue weighted by molar-refractivity contribution is -0.142. The summed E-state index contributed by atoms with van der Waals surface area (Å²) in [4.78, 5) is 54.3. The second-order valence-electron chi connectivity index (χ2n) is 11.4. The predicted octanol–water partition coefficient (Wildman–Crippen LogP) is 3.06. The highest BCUT2D eigenvalue weighted by molar-refractivity contribution is 6.09. The van der Waals surface area contributed by atoms with Gasteiger partial charge in [0.1, 0.15) is 12.1 Å². The Morgan fingerprint density at radius 3 is 2.45 bits per heavy atom. The van der Waals surface area contributed by atoms with Crippen molar-refractivity contribution < 1.29 is 19.2 Å². The molecule has 5 amide bonds. The number of imide groups is 1. The van der Waals surface area contributed by atoms with Crippen LogP contribution >= 0.6 is 0 Å². The molecule has 0 unspecified atom stereocenters. The summed E-state index contributed by atoms with van der Waals surface area (Å²) in [5.41, 5.74) is -0.687. The van der Waals surface area contributed by atoms with Gasteiger partial charge in [0.2, 0.25) is 11.8 Å². The van der Waals surface area contributed by atoms with Crippen LogP contribution in [0.5, 0.6) is 0 Å².